The highest BCUT2D eigenvalue weighted by atomic mass is 32.2. The molecule has 0 spiro atoms. The third kappa shape index (κ3) is 4.09. The maximum Gasteiger partial charge on any atom is 0.250 e. The number of rotatable bonds is 5. The lowest BCUT2D eigenvalue weighted by atomic mass is 10.1. The highest BCUT2D eigenvalue weighted by Crippen LogP contribution is 2.33. The van der Waals surface area contributed by atoms with E-state index in [2.05, 4.69) is 4.98 Å². The first-order chi connectivity index (χ1) is 12.9. The van der Waals surface area contributed by atoms with Gasteiger partial charge in [0.2, 0.25) is 5.91 Å². The number of carbonyl (C=O) groups excluding carboxylic acids is 1. The summed E-state index contributed by atoms with van der Waals surface area (Å²) in [6.07, 6.45) is 1.23. The molecule has 0 saturated carbocycles. The Morgan fingerprint density at radius 3 is 2.37 bits per heavy atom. The standard InChI is InChI=1S/C20H16F2N2O2S/c1-12-2-6-15(7-3-12)27(26)19(16-10-14(21)5-8-17(16)22)18-9-4-13(11-24-18)20(23)25/h2-11,19H,1H3,(H2,23,25). The van der Waals surface area contributed by atoms with E-state index in [1.165, 1.54) is 18.3 Å². The molecule has 7 heteroatoms. The maximum absolute atomic E-state index is 14.5. The topological polar surface area (TPSA) is 73.1 Å². The minimum Gasteiger partial charge on any atom is -0.366 e. The molecule has 2 atom stereocenters. The van der Waals surface area contributed by atoms with Gasteiger partial charge in [-0.1, -0.05) is 17.7 Å². The van der Waals surface area contributed by atoms with Crippen LogP contribution in [0.15, 0.2) is 65.7 Å². The number of amides is 1. The molecule has 3 aromatic rings. The summed E-state index contributed by atoms with van der Waals surface area (Å²) in [4.78, 5) is 15.8. The van der Waals surface area contributed by atoms with Crippen LogP contribution in [0.3, 0.4) is 0 Å². The van der Waals surface area contributed by atoms with Crippen molar-refractivity contribution in [3.63, 3.8) is 0 Å². The van der Waals surface area contributed by atoms with Crippen LogP contribution in [0, 0.1) is 18.6 Å². The van der Waals surface area contributed by atoms with Crippen molar-refractivity contribution >= 4 is 16.7 Å². The first-order valence-electron chi connectivity index (χ1n) is 8.05. The number of nitrogens with zero attached hydrogens (tertiary/aromatic N) is 1. The van der Waals surface area contributed by atoms with E-state index < -0.39 is 33.6 Å². The van der Waals surface area contributed by atoms with Gasteiger partial charge in [0.1, 0.15) is 16.9 Å². The number of carbonyl (C=O) groups is 1. The number of primary amides is 1. The van der Waals surface area contributed by atoms with Gasteiger partial charge in [0.15, 0.2) is 0 Å². The van der Waals surface area contributed by atoms with Gasteiger partial charge >= 0.3 is 0 Å². The Kier molecular flexibility index (Phi) is 5.41. The van der Waals surface area contributed by atoms with Crippen LogP contribution in [-0.4, -0.2) is 15.1 Å². The minimum atomic E-state index is -1.75. The molecule has 3 rings (SSSR count). The zero-order valence-corrected chi connectivity index (χ0v) is 15.2. The Bertz CT molecular complexity index is 1010. The van der Waals surface area contributed by atoms with E-state index in [4.69, 9.17) is 5.73 Å². The summed E-state index contributed by atoms with van der Waals surface area (Å²) in [6.45, 7) is 1.89. The summed E-state index contributed by atoms with van der Waals surface area (Å²) in [6, 6.07) is 12.8. The van der Waals surface area contributed by atoms with E-state index in [-0.39, 0.29) is 16.8 Å². The zero-order chi connectivity index (χ0) is 19.6. The van der Waals surface area contributed by atoms with Crippen LogP contribution < -0.4 is 5.73 Å². The van der Waals surface area contributed by atoms with Gasteiger partial charge in [-0.2, -0.15) is 0 Å². The highest BCUT2D eigenvalue weighted by molar-refractivity contribution is 7.85. The zero-order valence-electron chi connectivity index (χ0n) is 14.4. The molecule has 138 valence electrons. The maximum atomic E-state index is 14.5. The Balaban J connectivity index is 2.13. The summed E-state index contributed by atoms with van der Waals surface area (Å²) in [7, 11) is -1.75. The second kappa shape index (κ2) is 7.75. The number of pyridine rings is 1. The fraction of sp³-hybridized carbons (Fsp3) is 0.100. The molecule has 4 nitrogen and oxygen atoms in total. The van der Waals surface area contributed by atoms with Crippen LogP contribution in [0.5, 0.6) is 0 Å². The monoisotopic (exact) mass is 386 g/mol. The van der Waals surface area contributed by atoms with E-state index in [0.29, 0.717) is 4.90 Å². The number of aromatic nitrogens is 1. The second-order valence-electron chi connectivity index (χ2n) is 5.99. The van der Waals surface area contributed by atoms with Crippen LogP contribution in [-0.2, 0) is 10.8 Å². The van der Waals surface area contributed by atoms with Crippen molar-refractivity contribution < 1.29 is 17.8 Å². The lowest BCUT2D eigenvalue weighted by molar-refractivity contribution is 0.1000. The molecule has 1 aromatic heterocycles. The number of benzene rings is 2. The molecule has 0 saturated heterocycles. The predicted molar refractivity (Wildman–Crippen MR) is 98.5 cm³/mol. The summed E-state index contributed by atoms with van der Waals surface area (Å²) in [5.74, 6) is -2.00. The van der Waals surface area contributed by atoms with Gasteiger partial charge in [0.25, 0.3) is 0 Å². The number of nitrogens with two attached hydrogens (primary N) is 1. The number of hydrogen-bond donors (Lipinski definition) is 1. The van der Waals surface area contributed by atoms with Gasteiger partial charge in [0.05, 0.1) is 22.1 Å². The average Bonchev–Trinajstić information content (AvgIpc) is 2.65. The Labute approximate surface area is 157 Å². The molecule has 0 aliphatic heterocycles. The van der Waals surface area contributed by atoms with Crippen LogP contribution in [0.4, 0.5) is 8.78 Å². The number of halogens is 2. The second-order valence-corrected chi connectivity index (χ2v) is 7.53. The molecule has 0 aliphatic carbocycles. The van der Waals surface area contributed by atoms with Crippen molar-refractivity contribution in [2.24, 2.45) is 5.73 Å². The fourth-order valence-electron chi connectivity index (χ4n) is 2.61. The summed E-state index contributed by atoms with van der Waals surface area (Å²) < 4.78 is 41.4. The summed E-state index contributed by atoms with van der Waals surface area (Å²) >= 11 is 0. The first kappa shape index (κ1) is 18.8. The van der Waals surface area contributed by atoms with Gasteiger partial charge in [-0.25, -0.2) is 8.78 Å². The van der Waals surface area contributed by atoms with Gasteiger partial charge in [-0.15, -0.1) is 0 Å². The van der Waals surface area contributed by atoms with E-state index in [1.54, 1.807) is 24.3 Å². The predicted octanol–water partition coefficient (Wildman–Crippen LogP) is 3.66. The SMILES string of the molecule is Cc1ccc(S(=O)C(c2ccc(C(N)=O)cn2)c2cc(F)ccc2F)cc1. The van der Waals surface area contributed by atoms with E-state index in [9.17, 15) is 17.8 Å². The largest absolute Gasteiger partial charge is 0.366 e. The van der Waals surface area contributed by atoms with Gasteiger partial charge in [-0.3, -0.25) is 14.0 Å². The Morgan fingerprint density at radius 2 is 1.78 bits per heavy atom. The van der Waals surface area contributed by atoms with Crippen LogP contribution in [0.1, 0.15) is 32.4 Å². The molecule has 0 aliphatic rings. The molecule has 1 heterocycles. The molecule has 2 N–H and O–H groups in total. The molecule has 0 radical (unpaired) electrons. The molecule has 27 heavy (non-hydrogen) atoms. The lowest BCUT2D eigenvalue weighted by Crippen LogP contribution is -2.15. The van der Waals surface area contributed by atoms with Crippen molar-refractivity contribution in [2.75, 3.05) is 0 Å². The summed E-state index contributed by atoms with van der Waals surface area (Å²) in [5, 5.41) is -1.05. The average molecular weight is 386 g/mol. The fourth-order valence-corrected chi connectivity index (χ4v) is 4.06. The van der Waals surface area contributed by atoms with E-state index >= 15 is 0 Å². The molecular weight excluding hydrogens is 370 g/mol. The Morgan fingerprint density at radius 1 is 1.07 bits per heavy atom. The van der Waals surface area contributed by atoms with Crippen molar-refractivity contribution in [1.29, 1.82) is 0 Å². The molecule has 2 unspecified atom stereocenters. The lowest BCUT2D eigenvalue weighted by Gasteiger charge is -2.18. The summed E-state index contributed by atoms with van der Waals surface area (Å²) in [5.41, 5.74) is 6.52. The highest BCUT2D eigenvalue weighted by Gasteiger charge is 2.27. The minimum absolute atomic E-state index is 0.0757. The van der Waals surface area contributed by atoms with Gasteiger partial charge in [0, 0.05) is 16.7 Å². The number of hydrogen-bond acceptors (Lipinski definition) is 3. The smallest absolute Gasteiger partial charge is 0.250 e. The third-order valence-corrected chi connectivity index (χ3v) is 5.71. The van der Waals surface area contributed by atoms with E-state index in [0.717, 1.165) is 23.8 Å². The van der Waals surface area contributed by atoms with Crippen LogP contribution in [0.25, 0.3) is 0 Å². The van der Waals surface area contributed by atoms with Crippen molar-refractivity contribution in [3.8, 4) is 0 Å². The Hall–Kier alpha value is -2.93. The molecular formula is C20H16F2N2O2S. The molecule has 0 fully saturated rings. The first-order valence-corrected chi connectivity index (χ1v) is 9.26. The molecule has 0 bridgehead atoms. The van der Waals surface area contributed by atoms with Gasteiger partial charge in [-0.05, 0) is 49.4 Å². The normalized spacial score (nSPS) is 13.1. The van der Waals surface area contributed by atoms with Crippen molar-refractivity contribution in [1.82, 2.24) is 4.98 Å². The van der Waals surface area contributed by atoms with Crippen LogP contribution in [0.2, 0.25) is 0 Å². The molecule has 2 aromatic carbocycles. The van der Waals surface area contributed by atoms with E-state index in [1.807, 2.05) is 6.92 Å². The number of aryl methyl sites for hydroxylation is 1. The van der Waals surface area contributed by atoms with Gasteiger partial charge < -0.3 is 5.73 Å². The van der Waals surface area contributed by atoms with Crippen molar-refractivity contribution in [2.45, 2.75) is 17.1 Å². The quantitative estimate of drug-likeness (QED) is 0.727. The third-order valence-electron chi connectivity index (χ3n) is 4.05. The van der Waals surface area contributed by atoms with Crippen molar-refractivity contribution in [3.05, 3.63) is 94.8 Å². The van der Waals surface area contributed by atoms with Crippen LogP contribution >= 0.6 is 0 Å². The molecule has 1 amide bonds.